The molecule has 0 bridgehead atoms. The summed E-state index contributed by atoms with van der Waals surface area (Å²) in [5.74, 6) is 0. The minimum absolute atomic E-state index is 0.0313. The van der Waals surface area contributed by atoms with Gasteiger partial charge in [0.25, 0.3) is 0 Å². The summed E-state index contributed by atoms with van der Waals surface area (Å²) in [5, 5.41) is 9.47. The van der Waals surface area contributed by atoms with Crippen LogP contribution >= 0.6 is 0 Å². The Morgan fingerprint density at radius 3 is 2.58 bits per heavy atom. The fraction of sp³-hybridized carbons (Fsp3) is 0.500. The molecule has 0 amide bonds. The van der Waals surface area contributed by atoms with Crippen molar-refractivity contribution >= 4 is 9.84 Å². The Labute approximate surface area is 155 Å². The Kier molecular flexibility index (Phi) is 7.77. The van der Waals surface area contributed by atoms with Gasteiger partial charge in [-0.15, -0.1) is 0 Å². The molecule has 0 atom stereocenters. The molecule has 0 aliphatic rings. The average Bonchev–Trinajstić information content (AvgIpc) is 2.99. The van der Waals surface area contributed by atoms with Crippen molar-refractivity contribution in [3.63, 3.8) is 0 Å². The number of imidazole rings is 1. The predicted octanol–water partition coefficient (Wildman–Crippen LogP) is 1.32. The Morgan fingerprint density at radius 1 is 1.23 bits per heavy atom. The normalized spacial score (nSPS) is 12.0. The van der Waals surface area contributed by atoms with Crippen molar-refractivity contribution in [3.05, 3.63) is 47.8 Å². The second kappa shape index (κ2) is 9.82. The molecule has 7 nitrogen and oxygen atoms in total. The Bertz CT molecular complexity index is 775. The topological polar surface area (TPSA) is 84.7 Å². The first-order valence-corrected chi connectivity index (χ1v) is 10.5. The van der Waals surface area contributed by atoms with E-state index in [4.69, 9.17) is 4.74 Å². The summed E-state index contributed by atoms with van der Waals surface area (Å²) in [4.78, 5) is 6.21. The second-order valence-electron chi connectivity index (χ2n) is 6.22. The zero-order valence-electron chi connectivity index (χ0n) is 15.3. The van der Waals surface area contributed by atoms with Crippen LogP contribution in [0.5, 0.6) is 0 Å². The van der Waals surface area contributed by atoms with Crippen LogP contribution in [0.15, 0.2) is 41.7 Å². The largest absolute Gasteiger partial charge is 0.395 e. The predicted molar refractivity (Wildman–Crippen MR) is 99.5 cm³/mol. The lowest BCUT2D eigenvalue weighted by Crippen LogP contribution is -2.27. The molecular formula is C18H27N3O4S. The standard InChI is InChI=1S/C18H27N3O4S/c1-25-12-6-9-21-17(13-19-18(21)26(2,23)24)15-20(10-11-22)14-16-7-4-3-5-8-16/h3-5,7-8,13,22H,6,9-12,14-15H2,1-2H3. The second-order valence-corrected chi connectivity index (χ2v) is 8.13. The SMILES string of the molecule is COCCCn1c(CN(CCO)Cc2ccccc2)cnc1S(C)(=O)=O. The Hall–Kier alpha value is -1.74. The number of ether oxygens (including phenoxy) is 1. The van der Waals surface area contributed by atoms with E-state index in [1.165, 1.54) is 6.26 Å². The van der Waals surface area contributed by atoms with Gasteiger partial charge in [-0.05, 0) is 12.0 Å². The van der Waals surface area contributed by atoms with Crippen LogP contribution in [0.4, 0.5) is 0 Å². The van der Waals surface area contributed by atoms with Crippen LogP contribution in [0.2, 0.25) is 0 Å². The highest BCUT2D eigenvalue weighted by Crippen LogP contribution is 2.16. The average molecular weight is 381 g/mol. The maximum atomic E-state index is 12.0. The number of rotatable bonds is 11. The van der Waals surface area contributed by atoms with Crippen LogP contribution in [0, 0.1) is 0 Å². The van der Waals surface area contributed by atoms with Crippen LogP contribution < -0.4 is 0 Å². The minimum atomic E-state index is -3.41. The van der Waals surface area contributed by atoms with E-state index in [1.54, 1.807) is 17.9 Å². The van der Waals surface area contributed by atoms with Crippen molar-refractivity contribution in [1.82, 2.24) is 14.5 Å². The van der Waals surface area contributed by atoms with Gasteiger partial charge in [-0.3, -0.25) is 4.90 Å². The summed E-state index contributed by atoms with van der Waals surface area (Å²) in [5.41, 5.74) is 1.95. The lowest BCUT2D eigenvalue weighted by Gasteiger charge is -2.22. The third-order valence-electron chi connectivity index (χ3n) is 4.01. The van der Waals surface area contributed by atoms with E-state index in [2.05, 4.69) is 9.88 Å². The van der Waals surface area contributed by atoms with Gasteiger partial charge in [0.15, 0.2) is 0 Å². The number of aromatic nitrogens is 2. The highest BCUT2D eigenvalue weighted by Gasteiger charge is 2.20. The van der Waals surface area contributed by atoms with Gasteiger partial charge in [-0.1, -0.05) is 30.3 Å². The summed E-state index contributed by atoms with van der Waals surface area (Å²) in [7, 11) is -1.79. The van der Waals surface area contributed by atoms with Crippen LogP contribution in [0.25, 0.3) is 0 Å². The van der Waals surface area contributed by atoms with E-state index >= 15 is 0 Å². The molecule has 0 spiro atoms. The molecule has 8 heteroatoms. The monoisotopic (exact) mass is 381 g/mol. The number of hydrogen-bond donors (Lipinski definition) is 1. The molecule has 0 fully saturated rings. The molecule has 2 aromatic rings. The summed E-state index contributed by atoms with van der Waals surface area (Å²) >= 11 is 0. The van der Waals surface area contributed by atoms with Gasteiger partial charge in [-0.2, -0.15) is 0 Å². The zero-order valence-corrected chi connectivity index (χ0v) is 16.2. The number of aliphatic hydroxyl groups excluding tert-OH is 1. The fourth-order valence-electron chi connectivity index (χ4n) is 2.85. The highest BCUT2D eigenvalue weighted by molar-refractivity contribution is 7.90. The van der Waals surface area contributed by atoms with Crippen molar-refractivity contribution in [2.24, 2.45) is 0 Å². The van der Waals surface area contributed by atoms with Crippen molar-refractivity contribution in [3.8, 4) is 0 Å². The van der Waals surface area contributed by atoms with Gasteiger partial charge in [0, 0.05) is 46.2 Å². The van der Waals surface area contributed by atoms with Crippen LogP contribution in [0.3, 0.4) is 0 Å². The number of nitrogens with zero attached hydrogens (tertiary/aromatic N) is 3. The molecule has 0 radical (unpaired) electrons. The van der Waals surface area contributed by atoms with Gasteiger partial charge in [0.2, 0.25) is 15.0 Å². The maximum absolute atomic E-state index is 12.0. The van der Waals surface area contributed by atoms with E-state index in [0.717, 1.165) is 11.3 Å². The van der Waals surface area contributed by atoms with Crippen molar-refractivity contribution in [1.29, 1.82) is 0 Å². The van der Waals surface area contributed by atoms with Gasteiger partial charge >= 0.3 is 0 Å². The minimum Gasteiger partial charge on any atom is -0.395 e. The third-order valence-corrected chi connectivity index (χ3v) is 5.00. The van der Waals surface area contributed by atoms with Crippen molar-refractivity contribution in [2.45, 2.75) is 31.2 Å². The highest BCUT2D eigenvalue weighted by atomic mass is 32.2. The van der Waals surface area contributed by atoms with Gasteiger partial charge in [0.05, 0.1) is 18.5 Å². The molecule has 2 rings (SSSR count). The molecule has 0 aliphatic heterocycles. The molecule has 0 aliphatic carbocycles. The van der Waals surface area contributed by atoms with Gasteiger partial charge < -0.3 is 14.4 Å². The summed E-state index contributed by atoms with van der Waals surface area (Å²) in [6, 6.07) is 9.97. The van der Waals surface area contributed by atoms with Gasteiger partial charge in [0.1, 0.15) is 0 Å². The van der Waals surface area contributed by atoms with E-state index in [-0.39, 0.29) is 11.8 Å². The third kappa shape index (κ3) is 5.91. The summed E-state index contributed by atoms with van der Waals surface area (Å²) in [6.45, 7) is 2.76. The molecule has 144 valence electrons. The number of hydrogen-bond acceptors (Lipinski definition) is 6. The van der Waals surface area contributed by atoms with E-state index in [0.29, 0.717) is 39.2 Å². The molecule has 1 aromatic heterocycles. The number of sulfone groups is 1. The lowest BCUT2D eigenvalue weighted by atomic mass is 10.2. The molecule has 1 aromatic carbocycles. The first-order chi connectivity index (χ1) is 12.5. The molecule has 0 saturated heterocycles. The number of methoxy groups -OCH3 is 1. The van der Waals surface area contributed by atoms with Gasteiger partial charge in [-0.25, -0.2) is 13.4 Å². The fourth-order valence-corrected chi connectivity index (χ4v) is 3.70. The van der Waals surface area contributed by atoms with E-state index in [1.807, 2.05) is 30.3 Å². The molecule has 0 unspecified atom stereocenters. The molecule has 1 heterocycles. The summed E-state index contributed by atoms with van der Waals surface area (Å²) in [6.07, 6.45) is 3.47. The lowest BCUT2D eigenvalue weighted by molar-refractivity contribution is 0.177. The molecule has 1 N–H and O–H groups in total. The smallest absolute Gasteiger partial charge is 0.227 e. The van der Waals surface area contributed by atoms with Crippen molar-refractivity contribution in [2.75, 3.05) is 33.1 Å². The molecule has 0 saturated carbocycles. The first-order valence-electron chi connectivity index (χ1n) is 8.56. The van der Waals surface area contributed by atoms with Crippen LogP contribution in [-0.4, -0.2) is 61.1 Å². The zero-order chi connectivity index (χ0) is 19.0. The van der Waals surface area contributed by atoms with Crippen molar-refractivity contribution < 1.29 is 18.3 Å². The summed E-state index contributed by atoms with van der Waals surface area (Å²) < 4.78 is 30.9. The first kappa shape index (κ1) is 20.6. The maximum Gasteiger partial charge on any atom is 0.227 e. The quantitative estimate of drug-likeness (QED) is 0.591. The Morgan fingerprint density at radius 2 is 1.96 bits per heavy atom. The van der Waals surface area contributed by atoms with E-state index in [9.17, 15) is 13.5 Å². The molecule has 26 heavy (non-hydrogen) atoms. The number of benzene rings is 1. The van der Waals surface area contributed by atoms with Crippen LogP contribution in [0.1, 0.15) is 17.7 Å². The number of aliphatic hydroxyl groups is 1. The molecular weight excluding hydrogens is 354 g/mol. The van der Waals surface area contributed by atoms with E-state index < -0.39 is 9.84 Å². The van der Waals surface area contributed by atoms with Crippen LogP contribution in [-0.2, 0) is 34.2 Å². The Balaban J connectivity index is 2.22.